The molecule has 8 heteroatoms. The van der Waals surface area contributed by atoms with E-state index >= 15 is 0 Å². The lowest BCUT2D eigenvalue weighted by molar-refractivity contribution is 0.542. The van der Waals surface area contributed by atoms with E-state index in [1.165, 1.54) is 23.5 Å². The van der Waals surface area contributed by atoms with Crippen molar-refractivity contribution in [3.05, 3.63) is 46.8 Å². The van der Waals surface area contributed by atoms with Crippen molar-refractivity contribution in [1.29, 1.82) is 0 Å². The molecule has 0 atom stereocenters. The van der Waals surface area contributed by atoms with Crippen molar-refractivity contribution < 1.29 is 4.42 Å². The van der Waals surface area contributed by atoms with Crippen LogP contribution >= 0.6 is 0 Å². The predicted octanol–water partition coefficient (Wildman–Crippen LogP) is 0.953. The molecule has 3 heterocycles. The smallest absolute Gasteiger partial charge is 0.248 e. The van der Waals surface area contributed by atoms with Gasteiger partial charge in [0, 0.05) is 29.6 Å². The zero-order valence-corrected chi connectivity index (χ0v) is 10.5. The fourth-order valence-corrected chi connectivity index (χ4v) is 1.69. The molecule has 0 fully saturated rings. The van der Waals surface area contributed by atoms with E-state index in [-0.39, 0.29) is 5.56 Å². The predicted molar refractivity (Wildman–Crippen MR) is 70.3 cm³/mol. The Balaban J connectivity index is 1.88. The van der Waals surface area contributed by atoms with Crippen LogP contribution in [-0.2, 0) is 0 Å². The highest BCUT2D eigenvalue weighted by atomic mass is 16.4. The van der Waals surface area contributed by atoms with Crippen LogP contribution in [0.5, 0.6) is 0 Å². The van der Waals surface area contributed by atoms with Gasteiger partial charge in [-0.25, -0.2) is 9.67 Å². The molecule has 0 radical (unpaired) electrons. The van der Waals surface area contributed by atoms with Gasteiger partial charge in [-0.2, -0.15) is 0 Å². The van der Waals surface area contributed by atoms with E-state index in [0.29, 0.717) is 17.3 Å². The molecule has 3 aromatic rings. The van der Waals surface area contributed by atoms with Crippen LogP contribution in [0.4, 0.5) is 0 Å². The van der Waals surface area contributed by atoms with Gasteiger partial charge in [-0.3, -0.25) is 4.79 Å². The van der Waals surface area contributed by atoms with Crippen molar-refractivity contribution in [3.8, 4) is 11.4 Å². The average molecular weight is 270 g/mol. The Kier molecular flexibility index (Phi) is 2.96. The molecule has 100 valence electrons. The molecule has 3 aromatic heterocycles. The van der Waals surface area contributed by atoms with Gasteiger partial charge in [0.1, 0.15) is 6.33 Å². The molecule has 0 unspecified atom stereocenters. The van der Waals surface area contributed by atoms with Gasteiger partial charge in [-0.05, 0) is 13.0 Å². The fraction of sp³-hybridized carbons (Fsp3) is 0.0833. The summed E-state index contributed by atoms with van der Waals surface area (Å²) in [5, 5.41) is 11.5. The molecular weight excluding hydrogens is 260 g/mol. The van der Waals surface area contributed by atoms with Crippen LogP contribution in [0, 0.1) is 6.92 Å². The number of nitrogens with one attached hydrogen (secondary N) is 1. The second-order valence-electron chi connectivity index (χ2n) is 4.06. The van der Waals surface area contributed by atoms with Gasteiger partial charge in [0.2, 0.25) is 17.8 Å². The number of H-pyrrole nitrogens is 1. The number of hydrogen-bond donors (Lipinski definition) is 1. The van der Waals surface area contributed by atoms with E-state index in [2.05, 4.69) is 25.3 Å². The van der Waals surface area contributed by atoms with Gasteiger partial charge in [0.05, 0.1) is 0 Å². The van der Waals surface area contributed by atoms with Gasteiger partial charge in [0.15, 0.2) is 5.82 Å². The van der Waals surface area contributed by atoms with Crippen LogP contribution in [0.25, 0.3) is 23.7 Å². The summed E-state index contributed by atoms with van der Waals surface area (Å²) in [6.07, 6.45) is 6.00. The van der Waals surface area contributed by atoms with Crippen LogP contribution in [0.3, 0.4) is 0 Å². The van der Waals surface area contributed by atoms with Gasteiger partial charge in [-0.1, -0.05) is 0 Å². The molecular formula is C12H10N6O2. The monoisotopic (exact) mass is 270 g/mol. The van der Waals surface area contributed by atoms with Crippen molar-refractivity contribution in [1.82, 2.24) is 29.9 Å². The zero-order chi connectivity index (χ0) is 13.9. The number of aromatic amines is 1. The minimum atomic E-state index is -0.183. The maximum atomic E-state index is 11.4. The third kappa shape index (κ3) is 2.53. The van der Waals surface area contributed by atoms with Gasteiger partial charge >= 0.3 is 0 Å². The molecule has 3 rings (SSSR count). The first kappa shape index (κ1) is 12.0. The second kappa shape index (κ2) is 4.92. The molecule has 1 N–H and O–H groups in total. The molecule has 0 aromatic carbocycles. The van der Waals surface area contributed by atoms with Gasteiger partial charge in [-0.15, -0.1) is 15.3 Å². The summed E-state index contributed by atoms with van der Waals surface area (Å²) in [5.41, 5.74) is 1.24. The lowest BCUT2D eigenvalue weighted by Gasteiger charge is -1.96. The highest BCUT2D eigenvalue weighted by Crippen LogP contribution is 2.12. The third-order valence-electron chi connectivity index (χ3n) is 2.49. The molecule has 0 spiro atoms. The number of rotatable bonds is 3. The van der Waals surface area contributed by atoms with Crippen molar-refractivity contribution in [2.45, 2.75) is 6.92 Å². The first-order valence-corrected chi connectivity index (χ1v) is 5.77. The summed E-state index contributed by atoms with van der Waals surface area (Å²) in [6, 6.07) is 3.26. The summed E-state index contributed by atoms with van der Waals surface area (Å²) < 4.78 is 6.46. The Labute approximate surface area is 112 Å². The minimum Gasteiger partial charge on any atom is -0.424 e. The molecule has 0 bridgehead atoms. The van der Waals surface area contributed by atoms with E-state index in [1.807, 2.05) is 6.07 Å². The Morgan fingerprint density at radius 1 is 1.40 bits per heavy atom. The number of pyridine rings is 1. The number of hydrogen-bond acceptors (Lipinski definition) is 6. The Morgan fingerprint density at radius 3 is 3.05 bits per heavy atom. The molecule has 0 aliphatic carbocycles. The first-order chi connectivity index (χ1) is 9.70. The van der Waals surface area contributed by atoms with Gasteiger partial charge < -0.3 is 9.40 Å². The summed E-state index contributed by atoms with van der Waals surface area (Å²) in [4.78, 5) is 18.2. The van der Waals surface area contributed by atoms with E-state index in [4.69, 9.17) is 4.42 Å². The van der Waals surface area contributed by atoms with Crippen LogP contribution < -0.4 is 5.56 Å². The lowest BCUT2D eigenvalue weighted by atomic mass is 10.2. The summed E-state index contributed by atoms with van der Waals surface area (Å²) in [7, 11) is 0. The van der Waals surface area contributed by atoms with Crippen LogP contribution in [-0.4, -0.2) is 29.9 Å². The normalized spacial score (nSPS) is 11.2. The Morgan fingerprint density at radius 2 is 2.30 bits per heavy atom. The summed E-state index contributed by atoms with van der Waals surface area (Å²) >= 11 is 0. The maximum Gasteiger partial charge on any atom is 0.248 e. The Bertz CT molecular complexity index is 799. The topological polar surface area (TPSA) is 102 Å². The molecule has 20 heavy (non-hydrogen) atoms. The third-order valence-corrected chi connectivity index (χ3v) is 2.49. The van der Waals surface area contributed by atoms with E-state index in [9.17, 15) is 4.79 Å². The van der Waals surface area contributed by atoms with Crippen molar-refractivity contribution in [2.75, 3.05) is 0 Å². The van der Waals surface area contributed by atoms with Crippen molar-refractivity contribution in [2.24, 2.45) is 0 Å². The standard InChI is InChI=1S/C12H10N6O2/c1-8-4-9(5-10(19)15-8)12-13-6-18(17-12)3-2-11-16-14-7-20-11/h2-7H,1H3,(H,15,19)/b3-2-. The minimum absolute atomic E-state index is 0.183. The largest absolute Gasteiger partial charge is 0.424 e. The SMILES string of the molecule is Cc1cc(-c2ncn(/C=C\c3nnco3)n2)cc(=O)[nH]1. The number of aryl methyl sites for hydroxylation is 1. The lowest BCUT2D eigenvalue weighted by Crippen LogP contribution is -2.06. The van der Waals surface area contributed by atoms with Crippen molar-refractivity contribution in [3.63, 3.8) is 0 Å². The van der Waals surface area contributed by atoms with Crippen LogP contribution in [0.2, 0.25) is 0 Å². The van der Waals surface area contributed by atoms with Crippen LogP contribution in [0.1, 0.15) is 11.6 Å². The van der Waals surface area contributed by atoms with E-state index in [1.54, 1.807) is 19.2 Å². The highest BCUT2D eigenvalue weighted by molar-refractivity contribution is 5.56. The maximum absolute atomic E-state index is 11.4. The number of nitrogens with zero attached hydrogens (tertiary/aromatic N) is 5. The molecule has 0 aliphatic rings. The second-order valence-corrected chi connectivity index (χ2v) is 4.06. The van der Waals surface area contributed by atoms with Gasteiger partial charge in [0.25, 0.3) is 0 Å². The molecule has 0 saturated heterocycles. The summed E-state index contributed by atoms with van der Waals surface area (Å²) in [5.74, 6) is 0.837. The highest BCUT2D eigenvalue weighted by Gasteiger charge is 2.05. The van der Waals surface area contributed by atoms with E-state index < -0.39 is 0 Å². The van der Waals surface area contributed by atoms with Crippen molar-refractivity contribution >= 4 is 12.3 Å². The average Bonchev–Trinajstić information content (AvgIpc) is 3.07. The molecule has 0 amide bonds. The summed E-state index contributed by atoms with van der Waals surface area (Å²) in [6.45, 7) is 1.80. The van der Waals surface area contributed by atoms with E-state index in [0.717, 1.165) is 5.69 Å². The van der Waals surface area contributed by atoms with Crippen LogP contribution in [0.15, 0.2) is 34.1 Å². The Hall–Kier alpha value is -3.03. The molecule has 8 nitrogen and oxygen atoms in total. The molecule has 0 saturated carbocycles. The zero-order valence-electron chi connectivity index (χ0n) is 10.5. The fourth-order valence-electron chi connectivity index (χ4n) is 1.69. The molecule has 0 aliphatic heterocycles. The quantitative estimate of drug-likeness (QED) is 0.760. The number of aromatic nitrogens is 6. The first-order valence-electron chi connectivity index (χ1n) is 5.77.